The van der Waals surface area contributed by atoms with Crippen LogP contribution in [0.4, 0.5) is 0 Å². The molecule has 5 heteroatoms. The van der Waals surface area contributed by atoms with Crippen LogP contribution in [0.5, 0.6) is 5.88 Å². The van der Waals surface area contributed by atoms with Gasteiger partial charge in [-0.2, -0.15) is 0 Å². The monoisotopic (exact) mass is 433 g/mol. The zero-order valence-corrected chi connectivity index (χ0v) is 19.8. The van der Waals surface area contributed by atoms with Crippen molar-refractivity contribution in [2.75, 3.05) is 5.75 Å². The molecule has 0 saturated carbocycles. The summed E-state index contributed by atoms with van der Waals surface area (Å²) >= 11 is 1.74. The van der Waals surface area contributed by atoms with E-state index in [9.17, 15) is 5.11 Å². The molecule has 4 rings (SSSR count). The van der Waals surface area contributed by atoms with E-state index in [-0.39, 0.29) is 11.8 Å². The molecule has 2 unspecified atom stereocenters. The average molecular weight is 434 g/mol. The summed E-state index contributed by atoms with van der Waals surface area (Å²) in [6.07, 6.45) is 8.55. The highest BCUT2D eigenvalue weighted by atomic mass is 32.2. The Morgan fingerprint density at radius 1 is 1.26 bits per heavy atom. The molecule has 1 aromatic heterocycles. The number of thioether (sulfide) groups is 1. The lowest BCUT2D eigenvalue weighted by Crippen LogP contribution is -2.34. The lowest BCUT2D eigenvalue weighted by atomic mass is 9.78. The van der Waals surface area contributed by atoms with Gasteiger partial charge in [-0.25, -0.2) is 9.98 Å². The van der Waals surface area contributed by atoms with Crippen LogP contribution in [0.1, 0.15) is 62.3 Å². The molecule has 2 atom stereocenters. The van der Waals surface area contributed by atoms with E-state index in [0.717, 1.165) is 46.3 Å². The van der Waals surface area contributed by atoms with Crippen molar-refractivity contribution >= 4 is 35.5 Å². The van der Waals surface area contributed by atoms with Gasteiger partial charge >= 0.3 is 0 Å². The molecule has 4 nitrogen and oxygen atoms in total. The van der Waals surface area contributed by atoms with Crippen molar-refractivity contribution in [2.24, 2.45) is 15.9 Å². The third-order valence-electron chi connectivity index (χ3n) is 6.30. The van der Waals surface area contributed by atoms with Crippen LogP contribution in [0, 0.1) is 12.8 Å². The summed E-state index contributed by atoms with van der Waals surface area (Å²) < 4.78 is 0. The number of benzene rings is 1. The number of amidine groups is 1. The summed E-state index contributed by atoms with van der Waals surface area (Å²) in [6, 6.07) is 6.82. The molecule has 0 amide bonds. The molecule has 0 bridgehead atoms. The van der Waals surface area contributed by atoms with Crippen molar-refractivity contribution in [1.29, 1.82) is 0 Å². The summed E-state index contributed by atoms with van der Waals surface area (Å²) in [7, 11) is 0. The Morgan fingerprint density at radius 2 is 2.06 bits per heavy atom. The first-order chi connectivity index (χ1) is 14.9. The fourth-order valence-electron chi connectivity index (χ4n) is 4.50. The molecule has 2 N–H and O–H groups in total. The molecule has 1 aliphatic heterocycles. The fraction of sp³-hybridized carbons (Fsp3) is 0.385. The lowest BCUT2D eigenvalue weighted by Gasteiger charge is -2.25. The quantitative estimate of drug-likeness (QED) is 0.681. The second kappa shape index (κ2) is 8.91. The summed E-state index contributed by atoms with van der Waals surface area (Å²) in [5, 5.41) is 12.8. The predicted octanol–water partition coefficient (Wildman–Crippen LogP) is 4.79. The zero-order valence-electron chi connectivity index (χ0n) is 19.0. The molecule has 2 aromatic rings. The average Bonchev–Trinajstić information content (AvgIpc) is 3.09. The molecule has 0 radical (unpaired) electrons. The van der Waals surface area contributed by atoms with Crippen LogP contribution < -0.4 is 10.6 Å². The number of hydrogen-bond donors (Lipinski definition) is 2. The van der Waals surface area contributed by atoms with Gasteiger partial charge < -0.3 is 10.1 Å². The SMILES string of the molecule is CCc1ccc(C)c(C2C=c3c(C(C)=NC4=NC=C(C)SC4)c(O)[nH]c3=CC2CC)c1. The van der Waals surface area contributed by atoms with Crippen molar-refractivity contribution in [1.82, 2.24) is 4.98 Å². The number of nitrogens with zero attached hydrogens (tertiary/aromatic N) is 2. The Hall–Kier alpha value is -2.53. The number of nitrogens with one attached hydrogen (secondary N) is 1. The van der Waals surface area contributed by atoms with Crippen molar-refractivity contribution in [3.63, 3.8) is 0 Å². The molecule has 0 fully saturated rings. The van der Waals surface area contributed by atoms with Gasteiger partial charge in [0.05, 0.1) is 17.0 Å². The highest BCUT2D eigenvalue weighted by molar-refractivity contribution is 8.03. The van der Waals surface area contributed by atoms with Crippen molar-refractivity contribution in [3.05, 3.63) is 62.1 Å². The van der Waals surface area contributed by atoms with E-state index in [0.29, 0.717) is 5.92 Å². The van der Waals surface area contributed by atoms with Crippen LogP contribution in [0.25, 0.3) is 12.2 Å². The molecule has 162 valence electrons. The number of aryl methyl sites for hydroxylation is 2. The van der Waals surface area contributed by atoms with Gasteiger partial charge in [0.15, 0.2) is 5.88 Å². The van der Waals surface area contributed by atoms with E-state index >= 15 is 0 Å². The first-order valence-corrected chi connectivity index (χ1v) is 12.1. The lowest BCUT2D eigenvalue weighted by molar-refractivity contribution is 0.455. The summed E-state index contributed by atoms with van der Waals surface area (Å²) in [5.41, 5.74) is 5.63. The van der Waals surface area contributed by atoms with Gasteiger partial charge in [0.25, 0.3) is 0 Å². The van der Waals surface area contributed by atoms with Crippen molar-refractivity contribution in [3.8, 4) is 5.88 Å². The largest absolute Gasteiger partial charge is 0.494 e. The number of aliphatic imine (C=N–C) groups is 2. The Balaban J connectivity index is 1.84. The van der Waals surface area contributed by atoms with Gasteiger partial charge in [-0.05, 0) is 56.2 Å². The highest BCUT2D eigenvalue weighted by Gasteiger charge is 2.25. The second-order valence-corrected chi connectivity index (χ2v) is 9.64. The Labute approximate surface area is 188 Å². The van der Waals surface area contributed by atoms with Crippen LogP contribution in [0.15, 0.2) is 39.3 Å². The third-order valence-corrected chi connectivity index (χ3v) is 7.27. The van der Waals surface area contributed by atoms with E-state index in [1.54, 1.807) is 11.8 Å². The van der Waals surface area contributed by atoms with Crippen LogP contribution in [-0.4, -0.2) is 27.4 Å². The summed E-state index contributed by atoms with van der Waals surface area (Å²) in [4.78, 5) is 13.6. The van der Waals surface area contributed by atoms with Crippen LogP contribution in [0.2, 0.25) is 0 Å². The molecule has 0 saturated heterocycles. The van der Waals surface area contributed by atoms with Crippen molar-refractivity contribution in [2.45, 2.75) is 53.4 Å². The number of allylic oxidation sites excluding steroid dienone is 1. The Kier molecular flexibility index (Phi) is 6.24. The number of aromatic hydroxyl groups is 1. The first kappa shape index (κ1) is 21.7. The van der Waals surface area contributed by atoms with Crippen molar-refractivity contribution < 1.29 is 5.11 Å². The van der Waals surface area contributed by atoms with Gasteiger partial charge in [0.2, 0.25) is 0 Å². The third kappa shape index (κ3) is 4.29. The minimum Gasteiger partial charge on any atom is -0.494 e. The second-order valence-electron chi connectivity index (χ2n) is 8.42. The predicted molar refractivity (Wildman–Crippen MR) is 134 cm³/mol. The number of fused-ring (bicyclic) bond motifs is 1. The molecule has 2 heterocycles. The maximum absolute atomic E-state index is 10.8. The molecular weight excluding hydrogens is 402 g/mol. The van der Waals surface area contributed by atoms with Gasteiger partial charge in [0, 0.05) is 27.6 Å². The molecule has 1 aliphatic carbocycles. The van der Waals surface area contributed by atoms with E-state index in [1.807, 2.05) is 13.1 Å². The minimum atomic E-state index is 0.184. The molecule has 1 aromatic carbocycles. The topological polar surface area (TPSA) is 60.7 Å². The van der Waals surface area contributed by atoms with Gasteiger partial charge in [-0.15, -0.1) is 11.8 Å². The van der Waals surface area contributed by atoms with Gasteiger partial charge in [0.1, 0.15) is 5.84 Å². The van der Waals surface area contributed by atoms with Gasteiger partial charge in [-0.3, -0.25) is 0 Å². The van der Waals surface area contributed by atoms with E-state index in [1.165, 1.54) is 21.6 Å². The molecule has 2 aliphatic rings. The smallest absolute Gasteiger partial charge is 0.198 e. The standard InChI is InChI=1S/C26H31N3OS/c1-6-18-9-8-15(3)20(10-18)21-12-22-23(11-19(21)7-2)29-26(30)25(22)17(5)28-24-14-31-16(4)13-27-24/h8-13,19,21,29-30H,6-7,14H2,1-5H3. The van der Waals surface area contributed by atoms with E-state index < -0.39 is 0 Å². The fourth-order valence-corrected chi connectivity index (χ4v) is 5.12. The molecular formula is C26H31N3OS. The number of H-pyrrole nitrogens is 1. The minimum absolute atomic E-state index is 0.184. The van der Waals surface area contributed by atoms with E-state index in [2.05, 4.69) is 68.0 Å². The van der Waals surface area contributed by atoms with Crippen LogP contribution in [0.3, 0.4) is 0 Å². The number of aromatic amines is 1. The summed E-state index contributed by atoms with van der Waals surface area (Å²) in [6.45, 7) is 10.6. The Morgan fingerprint density at radius 3 is 2.74 bits per heavy atom. The highest BCUT2D eigenvalue weighted by Crippen LogP contribution is 2.34. The van der Waals surface area contributed by atoms with Crippen LogP contribution >= 0.6 is 11.8 Å². The molecule has 0 spiro atoms. The number of hydrogen-bond acceptors (Lipinski definition) is 4. The number of rotatable bonds is 4. The van der Waals surface area contributed by atoms with Gasteiger partial charge in [-0.1, -0.05) is 44.2 Å². The first-order valence-electron chi connectivity index (χ1n) is 11.1. The Bertz CT molecular complexity index is 1220. The summed E-state index contributed by atoms with van der Waals surface area (Å²) in [5.74, 6) is 2.39. The molecule has 31 heavy (non-hydrogen) atoms. The maximum atomic E-state index is 10.8. The maximum Gasteiger partial charge on any atom is 0.198 e. The van der Waals surface area contributed by atoms with Crippen LogP contribution in [-0.2, 0) is 6.42 Å². The van der Waals surface area contributed by atoms with E-state index in [4.69, 9.17) is 4.99 Å². The normalized spacial score (nSPS) is 21.0. The number of aromatic nitrogens is 1. The zero-order chi connectivity index (χ0) is 22.1.